The van der Waals surface area contributed by atoms with E-state index < -0.39 is 30.4 Å². The summed E-state index contributed by atoms with van der Waals surface area (Å²) < 4.78 is 82.1. The Morgan fingerprint density at radius 3 is 1.46 bits per heavy atom. The number of nitrogens with one attached hydrogen (secondary N) is 2. The first kappa shape index (κ1) is 61.9. The second-order valence-corrected chi connectivity index (χ2v) is 22.8. The first-order chi connectivity index (χ1) is 43.4. The molecule has 0 unspecified atom stereocenters. The fourth-order valence-electron chi connectivity index (χ4n) is 10.2. The smallest absolute Gasteiger partial charge is 0.399 e. The molecule has 454 valence electrons. The Labute approximate surface area is 523 Å². The van der Waals surface area contributed by atoms with Gasteiger partial charge in [-0.3, -0.25) is 9.97 Å². The Morgan fingerprint density at radius 2 is 1.00 bits per heavy atom. The lowest BCUT2D eigenvalue weighted by Gasteiger charge is -2.32. The highest BCUT2D eigenvalue weighted by Crippen LogP contribution is 2.42. The quantitative estimate of drug-likeness (QED) is 0.0954. The number of morpholine rings is 2. The summed E-state index contributed by atoms with van der Waals surface area (Å²) in [4.78, 5) is 47.4. The minimum atomic E-state index is -0.744. The summed E-state index contributed by atoms with van der Waals surface area (Å²) in [7, 11) is -0.479. The van der Waals surface area contributed by atoms with Gasteiger partial charge in [0.1, 0.15) is 47.0 Å². The van der Waals surface area contributed by atoms with Crippen LogP contribution >= 0.6 is 15.9 Å². The molecule has 0 saturated carbocycles. The zero-order chi connectivity index (χ0) is 63.3. The van der Waals surface area contributed by atoms with Crippen LogP contribution in [0.15, 0.2) is 127 Å². The summed E-state index contributed by atoms with van der Waals surface area (Å²) in [6.45, 7) is 16.8. The second kappa shape index (κ2) is 26.6. The molecule has 3 saturated heterocycles. The first-order valence-corrected chi connectivity index (χ1v) is 29.2. The van der Waals surface area contributed by atoms with Crippen molar-refractivity contribution in [3.63, 3.8) is 0 Å². The largest absolute Gasteiger partial charge is 0.498 e. The molecular formula is C64H56BBrF4N16O4. The number of benzene rings is 2. The Morgan fingerprint density at radius 1 is 0.556 bits per heavy atom. The predicted molar refractivity (Wildman–Crippen MR) is 336 cm³/mol. The van der Waals surface area contributed by atoms with Gasteiger partial charge < -0.3 is 39.2 Å². The van der Waals surface area contributed by atoms with Gasteiger partial charge in [-0.15, -0.1) is 0 Å². The molecule has 13 rings (SSSR count). The standard InChI is InChI=1S/C29H22F2N8O.C24H20BrF2N5O.C11H14BN3O2/c1-17-28(22-4-2-3-5-33-22)38-24-11-19(30)10-21(31)27(24)29(17)37-23-12-26(39-6-8-40-9-7-39)36-16-20(23)18-14-34-25(13-32)35-15-18;1-14-23(18-4-2-3-5-28-18)31-20-11-15(26)10-17(27)22(20)24(14)30-19-12-21(29-13-16(19)25)32-6-8-33-9-7-32;1-10(2)11(3,4)17-12(16-10)8-6-14-9(5-13)15-7-8/h2-5,10-12,14-16H,6-9H2,1H3,(H,36,37,38);2-5,10-13H,6-9H2,1H3,(H,29,30,31);6-7H,1-4H3. The number of hydrogen-bond acceptors (Lipinski definition) is 20. The van der Waals surface area contributed by atoms with Gasteiger partial charge in [0, 0.05) is 140 Å². The van der Waals surface area contributed by atoms with Crippen LogP contribution in [0.25, 0.3) is 55.7 Å². The van der Waals surface area contributed by atoms with Crippen LogP contribution in [0.3, 0.4) is 0 Å². The summed E-state index contributed by atoms with van der Waals surface area (Å²) in [5, 5.41) is 24.9. The predicted octanol–water partition coefficient (Wildman–Crippen LogP) is 11.5. The van der Waals surface area contributed by atoms with Gasteiger partial charge >= 0.3 is 7.12 Å². The van der Waals surface area contributed by atoms with Gasteiger partial charge in [0.15, 0.2) is 0 Å². The van der Waals surface area contributed by atoms with Gasteiger partial charge in [-0.25, -0.2) is 57.4 Å². The van der Waals surface area contributed by atoms with E-state index in [2.05, 4.69) is 86.2 Å². The van der Waals surface area contributed by atoms with Crippen molar-refractivity contribution in [2.45, 2.75) is 52.7 Å². The number of aromatic nitrogens is 10. The number of nitrogens with zero attached hydrogens (tertiary/aromatic N) is 14. The number of fused-ring (bicyclic) bond motifs is 2. The number of rotatable bonds is 10. The van der Waals surface area contributed by atoms with Crippen LogP contribution in [0.4, 0.5) is 51.9 Å². The van der Waals surface area contributed by atoms with E-state index >= 15 is 8.78 Å². The van der Waals surface area contributed by atoms with Crippen molar-refractivity contribution in [1.29, 1.82) is 10.5 Å². The lowest BCUT2D eigenvalue weighted by Crippen LogP contribution is -2.41. The molecule has 0 spiro atoms. The highest BCUT2D eigenvalue weighted by atomic mass is 79.9. The third-order valence-corrected chi connectivity index (χ3v) is 16.2. The topological polar surface area (TPSA) is 244 Å². The van der Waals surface area contributed by atoms with Crippen molar-refractivity contribution in [3.8, 4) is 46.0 Å². The molecule has 2 aromatic carbocycles. The van der Waals surface area contributed by atoms with E-state index in [9.17, 15) is 8.78 Å². The zero-order valence-electron chi connectivity index (χ0n) is 49.6. The monoisotopic (exact) mass is 1280 g/mol. The van der Waals surface area contributed by atoms with Crippen molar-refractivity contribution in [2.24, 2.45) is 0 Å². The van der Waals surface area contributed by atoms with Gasteiger partial charge in [0.05, 0.1) is 109 Å². The number of hydrogen-bond donors (Lipinski definition) is 2. The Bertz CT molecular complexity index is 4350. The van der Waals surface area contributed by atoms with Crippen molar-refractivity contribution < 1.29 is 36.3 Å². The number of ether oxygens (including phenoxy) is 2. The van der Waals surface area contributed by atoms with E-state index in [4.69, 9.17) is 29.3 Å². The minimum absolute atomic E-state index is 0.0382. The normalized spacial score (nSPS) is 15.1. The highest BCUT2D eigenvalue weighted by Gasteiger charge is 2.52. The molecule has 26 heteroatoms. The minimum Gasteiger partial charge on any atom is -0.399 e. The number of pyridine rings is 6. The Kier molecular flexibility index (Phi) is 18.3. The van der Waals surface area contributed by atoms with Crippen molar-refractivity contribution in [3.05, 3.63) is 173 Å². The van der Waals surface area contributed by atoms with Crippen LogP contribution in [-0.4, -0.2) is 121 Å². The van der Waals surface area contributed by atoms with E-state index in [0.29, 0.717) is 118 Å². The Balaban J connectivity index is 0.000000150. The lowest BCUT2D eigenvalue weighted by atomic mass is 9.81. The maximum atomic E-state index is 15.4. The SMILES string of the molecule is CC1(C)OB(c2cnc(C#N)nc2)OC1(C)C.Cc1c(-c2ccccn2)nc2cc(F)cc(F)c2c1Nc1cc(N2CCOCC2)ncc1-c1cnc(C#N)nc1.Cc1c(-c2ccccn2)nc2cc(F)cc(F)c2c1Nc1cc(N2CCOCC2)ncc1Br. The molecule has 3 aliphatic rings. The van der Waals surface area contributed by atoms with E-state index in [1.807, 2.05) is 84.0 Å². The van der Waals surface area contributed by atoms with Gasteiger partial charge in [-0.1, -0.05) is 12.1 Å². The van der Waals surface area contributed by atoms with Gasteiger partial charge in [0.2, 0.25) is 11.6 Å². The lowest BCUT2D eigenvalue weighted by molar-refractivity contribution is 0.00578. The van der Waals surface area contributed by atoms with Crippen LogP contribution in [-0.2, 0) is 18.8 Å². The van der Waals surface area contributed by atoms with Gasteiger partial charge in [-0.2, -0.15) is 10.5 Å². The fraction of sp³-hybridized carbons (Fsp3) is 0.250. The molecule has 90 heavy (non-hydrogen) atoms. The molecule has 11 heterocycles. The average Bonchev–Trinajstić information content (AvgIpc) is 1.55. The molecule has 3 fully saturated rings. The summed E-state index contributed by atoms with van der Waals surface area (Å²) >= 11 is 3.54. The van der Waals surface area contributed by atoms with Crippen molar-refractivity contribution in [2.75, 3.05) is 73.0 Å². The maximum Gasteiger partial charge on any atom is 0.498 e. The van der Waals surface area contributed by atoms with E-state index in [-0.39, 0.29) is 44.7 Å². The average molecular weight is 1280 g/mol. The fourth-order valence-corrected chi connectivity index (χ4v) is 10.5. The molecule has 0 atom stereocenters. The maximum absolute atomic E-state index is 15.4. The molecule has 10 aromatic rings. The molecule has 8 aromatic heterocycles. The van der Waals surface area contributed by atoms with Crippen LogP contribution in [0, 0.1) is 59.8 Å². The third-order valence-electron chi connectivity index (χ3n) is 15.6. The molecule has 0 amide bonds. The molecule has 3 aliphatic heterocycles. The van der Waals surface area contributed by atoms with E-state index in [0.717, 1.165) is 36.5 Å². The second-order valence-electron chi connectivity index (χ2n) is 21.9. The Hall–Kier alpha value is -9.70. The molecule has 0 aliphatic carbocycles. The van der Waals surface area contributed by atoms with Crippen LogP contribution in [0.5, 0.6) is 0 Å². The van der Waals surface area contributed by atoms with Crippen LogP contribution < -0.4 is 25.9 Å². The molecule has 0 radical (unpaired) electrons. The number of anilines is 6. The van der Waals surface area contributed by atoms with Crippen LogP contribution in [0.1, 0.15) is 50.5 Å². The van der Waals surface area contributed by atoms with Crippen molar-refractivity contribution in [1.82, 2.24) is 49.8 Å². The highest BCUT2D eigenvalue weighted by molar-refractivity contribution is 9.10. The first-order valence-electron chi connectivity index (χ1n) is 28.4. The van der Waals surface area contributed by atoms with Gasteiger partial charge in [-0.05, 0) is 81.7 Å². The third kappa shape index (κ3) is 13.3. The molecule has 0 bridgehead atoms. The molecular weight excluding hydrogens is 1220 g/mol. The summed E-state index contributed by atoms with van der Waals surface area (Å²) in [5.41, 5.74) is 7.32. The molecule has 20 nitrogen and oxygen atoms in total. The number of halogens is 5. The van der Waals surface area contributed by atoms with Crippen molar-refractivity contribution >= 4 is 84.7 Å². The van der Waals surface area contributed by atoms with E-state index in [1.165, 1.54) is 24.5 Å². The molecule has 2 N–H and O–H groups in total. The zero-order valence-corrected chi connectivity index (χ0v) is 51.2. The summed E-state index contributed by atoms with van der Waals surface area (Å²) in [5.74, 6) is -1.17. The van der Waals surface area contributed by atoms with Crippen LogP contribution in [0.2, 0.25) is 0 Å². The number of nitriles is 2. The summed E-state index contributed by atoms with van der Waals surface area (Å²) in [6.07, 6.45) is 12.9. The van der Waals surface area contributed by atoms with E-state index in [1.54, 1.807) is 55.4 Å². The van der Waals surface area contributed by atoms with Gasteiger partial charge in [0.25, 0.3) is 0 Å². The summed E-state index contributed by atoms with van der Waals surface area (Å²) in [6, 6.07) is 22.6.